The molecule has 156 valence electrons. The number of anilines is 1. The zero-order valence-electron chi connectivity index (χ0n) is 16.5. The van der Waals surface area contributed by atoms with E-state index >= 15 is 0 Å². The number of carbonyl (C=O) groups excluding carboxylic acids is 1. The summed E-state index contributed by atoms with van der Waals surface area (Å²) in [6, 6.07) is 22.3. The van der Waals surface area contributed by atoms with E-state index < -0.39 is 0 Å². The summed E-state index contributed by atoms with van der Waals surface area (Å²) in [5.74, 6) is 0.555. The van der Waals surface area contributed by atoms with Crippen LogP contribution in [0.4, 0.5) is 5.69 Å². The van der Waals surface area contributed by atoms with Crippen molar-refractivity contribution in [1.82, 2.24) is 9.78 Å². The lowest BCUT2D eigenvalue weighted by molar-refractivity contribution is 0.102. The number of ether oxygens (including phenoxy) is 1. The van der Waals surface area contributed by atoms with Gasteiger partial charge in [0.25, 0.3) is 5.91 Å². The first kappa shape index (κ1) is 21.2. The smallest absolute Gasteiger partial charge is 0.255 e. The molecule has 7 heteroatoms. The summed E-state index contributed by atoms with van der Waals surface area (Å²) in [4.78, 5) is 12.7. The van der Waals surface area contributed by atoms with Crippen LogP contribution in [0.1, 0.15) is 21.5 Å². The van der Waals surface area contributed by atoms with Gasteiger partial charge in [-0.15, -0.1) is 0 Å². The predicted molar refractivity (Wildman–Crippen MR) is 126 cm³/mol. The monoisotopic (exact) mass is 495 g/mol. The molecule has 0 radical (unpaired) electrons. The van der Waals surface area contributed by atoms with Gasteiger partial charge in [-0.1, -0.05) is 35.9 Å². The minimum atomic E-state index is -0.169. The minimum Gasteiger partial charge on any atom is -0.489 e. The third kappa shape index (κ3) is 5.96. The molecule has 0 saturated carbocycles. The van der Waals surface area contributed by atoms with E-state index in [2.05, 4.69) is 26.3 Å². The van der Waals surface area contributed by atoms with E-state index in [0.717, 1.165) is 27.0 Å². The van der Waals surface area contributed by atoms with Crippen molar-refractivity contribution in [3.05, 3.63) is 111 Å². The molecule has 0 aliphatic carbocycles. The number of nitrogens with zero attached hydrogens (tertiary/aromatic N) is 2. The second-order valence-electron chi connectivity index (χ2n) is 6.95. The van der Waals surface area contributed by atoms with Crippen LogP contribution in [0.15, 0.2) is 89.7 Å². The molecule has 0 fully saturated rings. The molecule has 0 bridgehead atoms. The Bertz CT molecular complexity index is 1170. The number of benzene rings is 3. The first-order valence-corrected chi connectivity index (χ1v) is 10.8. The van der Waals surface area contributed by atoms with Crippen molar-refractivity contribution in [2.24, 2.45) is 0 Å². The van der Waals surface area contributed by atoms with E-state index in [0.29, 0.717) is 23.7 Å². The topological polar surface area (TPSA) is 56.2 Å². The molecule has 5 nitrogen and oxygen atoms in total. The van der Waals surface area contributed by atoms with Gasteiger partial charge in [-0.2, -0.15) is 5.10 Å². The van der Waals surface area contributed by atoms with Gasteiger partial charge in [-0.05, 0) is 75.6 Å². The summed E-state index contributed by atoms with van der Waals surface area (Å²) >= 11 is 9.28. The number of hydrogen-bond donors (Lipinski definition) is 1. The Morgan fingerprint density at radius 2 is 1.81 bits per heavy atom. The van der Waals surface area contributed by atoms with Crippen molar-refractivity contribution in [2.45, 2.75) is 13.2 Å². The van der Waals surface area contributed by atoms with Crippen molar-refractivity contribution in [3.8, 4) is 5.75 Å². The van der Waals surface area contributed by atoms with E-state index in [1.54, 1.807) is 24.4 Å². The Labute approximate surface area is 193 Å². The van der Waals surface area contributed by atoms with E-state index in [1.165, 1.54) is 0 Å². The maximum Gasteiger partial charge on any atom is 0.255 e. The van der Waals surface area contributed by atoms with Crippen LogP contribution in [0.5, 0.6) is 5.75 Å². The average molecular weight is 497 g/mol. The molecule has 0 atom stereocenters. The molecule has 0 unspecified atom stereocenters. The standard InChI is InChI=1S/C24H19BrClN3O2/c25-20-13-27-29(15-20)14-17-4-8-22(9-5-17)28-24(30)19-3-1-2-18(12-19)16-31-23-10-6-21(26)7-11-23/h1-13,15H,14,16H2,(H,28,30). The molecule has 1 amide bonds. The zero-order valence-corrected chi connectivity index (χ0v) is 18.8. The normalized spacial score (nSPS) is 10.6. The Morgan fingerprint density at radius 3 is 2.52 bits per heavy atom. The van der Waals surface area contributed by atoms with Gasteiger partial charge in [0.1, 0.15) is 12.4 Å². The lowest BCUT2D eigenvalue weighted by Gasteiger charge is -2.09. The highest BCUT2D eigenvalue weighted by atomic mass is 79.9. The molecule has 1 heterocycles. The molecule has 0 aliphatic rings. The highest BCUT2D eigenvalue weighted by molar-refractivity contribution is 9.10. The molecule has 0 spiro atoms. The second kappa shape index (κ2) is 9.81. The fraction of sp³-hybridized carbons (Fsp3) is 0.0833. The van der Waals surface area contributed by atoms with Crippen molar-refractivity contribution >= 4 is 39.1 Å². The SMILES string of the molecule is O=C(Nc1ccc(Cn2cc(Br)cn2)cc1)c1cccc(COc2ccc(Cl)cc2)c1. The van der Waals surface area contributed by atoms with Gasteiger partial charge < -0.3 is 10.1 Å². The fourth-order valence-electron chi connectivity index (χ4n) is 3.01. The Hall–Kier alpha value is -3.09. The summed E-state index contributed by atoms with van der Waals surface area (Å²) in [5, 5.41) is 7.85. The largest absolute Gasteiger partial charge is 0.489 e. The molecule has 4 rings (SSSR count). The van der Waals surface area contributed by atoms with Crippen LogP contribution in [-0.4, -0.2) is 15.7 Å². The van der Waals surface area contributed by atoms with Gasteiger partial charge in [0.15, 0.2) is 0 Å². The van der Waals surface area contributed by atoms with Gasteiger partial charge in [-0.25, -0.2) is 0 Å². The first-order chi connectivity index (χ1) is 15.0. The lowest BCUT2D eigenvalue weighted by Crippen LogP contribution is -2.12. The molecule has 31 heavy (non-hydrogen) atoms. The van der Waals surface area contributed by atoms with Gasteiger partial charge in [-0.3, -0.25) is 9.48 Å². The number of carbonyl (C=O) groups is 1. The third-order valence-electron chi connectivity index (χ3n) is 4.57. The average Bonchev–Trinajstić information content (AvgIpc) is 3.19. The van der Waals surface area contributed by atoms with E-state index in [9.17, 15) is 4.79 Å². The van der Waals surface area contributed by atoms with Crippen molar-refractivity contribution in [2.75, 3.05) is 5.32 Å². The predicted octanol–water partition coefficient (Wildman–Crippen LogP) is 6.18. The quantitative estimate of drug-likeness (QED) is 0.332. The van der Waals surface area contributed by atoms with Crippen LogP contribution in [-0.2, 0) is 13.2 Å². The van der Waals surface area contributed by atoms with E-state index in [1.807, 2.05) is 65.5 Å². The fourth-order valence-corrected chi connectivity index (χ4v) is 3.46. The second-order valence-corrected chi connectivity index (χ2v) is 8.30. The summed E-state index contributed by atoms with van der Waals surface area (Å²) in [5.41, 5.74) is 3.30. The first-order valence-electron chi connectivity index (χ1n) is 9.61. The molecular weight excluding hydrogens is 478 g/mol. The lowest BCUT2D eigenvalue weighted by atomic mass is 10.1. The molecule has 1 N–H and O–H groups in total. The van der Waals surface area contributed by atoms with Crippen molar-refractivity contribution in [3.63, 3.8) is 0 Å². The number of nitrogens with one attached hydrogen (secondary N) is 1. The number of halogens is 2. The molecule has 0 saturated heterocycles. The minimum absolute atomic E-state index is 0.169. The summed E-state index contributed by atoms with van der Waals surface area (Å²) in [6.07, 6.45) is 3.67. The number of aromatic nitrogens is 2. The van der Waals surface area contributed by atoms with E-state index in [-0.39, 0.29) is 5.91 Å². The van der Waals surface area contributed by atoms with Crippen LogP contribution in [0.2, 0.25) is 5.02 Å². The van der Waals surface area contributed by atoms with Crippen LogP contribution in [0.25, 0.3) is 0 Å². The zero-order chi connectivity index (χ0) is 21.6. The van der Waals surface area contributed by atoms with Crippen molar-refractivity contribution in [1.29, 1.82) is 0 Å². The Morgan fingerprint density at radius 1 is 1.03 bits per heavy atom. The maximum atomic E-state index is 12.7. The highest BCUT2D eigenvalue weighted by Gasteiger charge is 2.08. The Kier molecular flexibility index (Phi) is 6.70. The van der Waals surface area contributed by atoms with Crippen LogP contribution in [0, 0.1) is 0 Å². The molecule has 0 aliphatic heterocycles. The number of hydrogen-bond acceptors (Lipinski definition) is 3. The van der Waals surface area contributed by atoms with Gasteiger partial charge >= 0.3 is 0 Å². The summed E-state index contributed by atoms with van der Waals surface area (Å²) < 4.78 is 8.55. The summed E-state index contributed by atoms with van der Waals surface area (Å²) in [6.45, 7) is 1.02. The van der Waals surface area contributed by atoms with Crippen LogP contribution >= 0.6 is 27.5 Å². The van der Waals surface area contributed by atoms with Gasteiger partial charge in [0.05, 0.1) is 17.2 Å². The van der Waals surface area contributed by atoms with E-state index in [4.69, 9.17) is 16.3 Å². The highest BCUT2D eigenvalue weighted by Crippen LogP contribution is 2.18. The van der Waals surface area contributed by atoms with Crippen LogP contribution < -0.4 is 10.1 Å². The molecular formula is C24H19BrClN3O2. The van der Waals surface area contributed by atoms with Crippen LogP contribution in [0.3, 0.4) is 0 Å². The Balaban J connectivity index is 1.35. The van der Waals surface area contributed by atoms with Gasteiger partial charge in [0.2, 0.25) is 0 Å². The third-order valence-corrected chi connectivity index (χ3v) is 5.23. The maximum absolute atomic E-state index is 12.7. The molecule has 3 aromatic carbocycles. The molecule has 1 aromatic heterocycles. The molecule has 4 aromatic rings. The van der Waals surface area contributed by atoms with Gasteiger partial charge in [0, 0.05) is 22.5 Å². The number of amides is 1. The number of rotatable bonds is 7. The van der Waals surface area contributed by atoms with Crippen molar-refractivity contribution < 1.29 is 9.53 Å². The summed E-state index contributed by atoms with van der Waals surface area (Å²) in [7, 11) is 0.